The fraction of sp³-hybridized carbons (Fsp3) is 0.0833. The number of benzene rings is 3. The van der Waals surface area contributed by atoms with Crippen molar-refractivity contribution in [2.75, 3.05) is 6.61 Å². The van der Waals surface area contributed by atoms with Crippen molar-refractivity contribution in [1.82, 2.24) is 0 Å². The lowest BCUT2D eigenvalue weighted by atomic mass is 10.1. The molecule has 150 valence electrons. The van der Waals surface area contributed by atoms with E-state index in [0.717, 1.165) is 5.56 Å². The smallest absolute Gasteiger partial charge is 0.344 e. The molecular weight excluding hydrogens is 448 g/mol. The van der Waals surface area contributed by atoms with Crippen molar-refractivity contribution in [2.24, 2.45) is 0 Å². The topological polar surface area (TPSA) is 61.8 Å². The molecule has 4 rings (SSSR count). The quantitative estimate of drug-likeness (QED) is 0.276. The summed E-state index contributed by atoms with van der Waals surface area (Å²) in [4.78, 5) is 25.1. The van der Waals surface area contributed by atoms with Crippen LogP contribution < -0.4 is 14.2 Å². The SMILES string of the molecule is CCOc1ccccc1C=C1Oc2cc(OC(=O)c3ccccc3Br)ccc2C1=O. The first kappa shape index (κ1) is 19.9. The molecule has 0 unspecified atom stereocenters. The Bertz CT molecular complexity index is 1170. The standard InChI is InChI=1S/C24H17BrO5/c1-2-28-20-10-6-3-7-15(20)13-22-23(26)18-12-11-16(14-21(18)30-22)29-24(27)17-8-4-5-9-19(17)25/h3-14H,2H2,1H3. The van der Waals surface area contributed by atoms with Gasteiger partial charge in [0.1, 0.15) is 17.2 Å². The number of esters is 1. The summed E-state index contributed by atoms with van der Waals surface area (Å²) in [6.07, 6.45) is 1.65. The number of allylic oxidation sites excluding steroid dienone is 1. The number of Topliss-reactive ketones (excluding diaryl/α,β-unsaturated/α-hetero) is 1. The van der Waals surface area contributed by atoms with Gasteiger partial charge >= 0.3 is 5.97 Å². The first-order valence-electron chi connectivity index (χ1n) is 9.33. The monoisotopic (exact) mass is 464 g/mol. The molecule has 0 saturated heterocycles. The number of fused-ring (bicyclic) bond motifs is 1. The average Bonchev–Trinajstić information content (AvgIpc) is 3.04. The van der Waals surface area contributed by atoms with Gasteiger partial charge in [-0.2, -0.15) is 0 Å². The number of ether oxygens (including phenoxy) is 3. The second-order valence-electron chi connectivity index (χ2n) is 6.44. The van der Waals surface area contributed by atoms with Crippen LogP contribution in [0.1, 0.15) is 33.2 Å². The molecule has 5 nitrogen and oxygen atoms in total. The summed E-state index contributed by atoms with van der Waals surface area (Å²) in [6.45, 7) is 2.41. The molecule has 3 aromatic carbocycles. The number of hydrogen-bond acceptors (Lipinski definition) is 5. The van der Waals surface area contributed by atoms with Crippen molar-refractivity contribution in [1.29, 1.82) is 0 Å². The minimum absolute atomic E-state index is 0.187. The third-order valence-corrected chi connectivity index (χ3v) is 5.14. The summed E-state index contributed by atoms with van der Waals surface area (Å²) >= 11 is 3.34. The maximum atomic E-state index is 12.7. The molecule has 0 saturated carbocycles. The summed E-state index contributed by atoms with van der Waals surface area (Å²) < 4.78 is 17.5. The number of para-hydroxylation sites is 1. The summed E-state index contributed by atoms with van der Waals surface area (Å²) in [5.74, 6) is 0.748. The average molecular weight is 465 g/mol. The van der Waals surface area contributed by atoms with Crippen molar-refractivity contribution >= 4 is 33.8 Å². The Hall–Kier alpha value is -3.38. The molecule has 3 aromatic rings. The molecular formula is C24H17BrO5. The maximum absolute atomic E-state index is 12.7. The largest absolute Gasteiger partial charge is 0.493 e. The normalized spacial score (nSPS) is 13.7. The van der Waals surface area contributed by atoms with Crippen LogP contribution in [0.3, 0.4) is 0 Å². The van der Waals surface area contributed by atoms with Gasteiger partial charge in [0.05, 0.1) is 17.7 Å². The molecule has 0 spiro atoms. The van der Waals surface area contributed by atoms with Crippen molar-refractivity contribution in [2.45, 2.75) is 6.92 Å². The summed E-state index contributed by atoms with van der Waals surface area (Å²) in [5, 5.41) is 0. The fourth-order valence-corrected chi connectivity index (χ4v) is 3.49. The van der Waals surface area contributed by atoms with Gasteiger partial charge in [-0.1, -0.05) is 30.3 Å². The molecule has 30 heavy (non-hydrogen) atoms. The van der Waals surface area contributed by atoms with E-state index in [1.165, 1.54) is 6.07 Å². The van der Waals surface area contributed by atoms with E-state index in [-0.39, 0.29) is 11.5 Å². The summed E-state index contributed by atoms with van der Waals surface area (Å²) in [7, 11) is 0. The first-order valence-corrected chi connectivity index (χ1v) is 10.1. The Kier molecular flexibility index (Phi) is 5.68. The number of rotatable bonds is 5. The maximum Gasteiger partial charge on any atom is 0.344 e. The van der Waals surface area contributed by atoms with Gasteiger partial charge in [-0.25, -0.2) is 4.79 Å². The van der Waals surface area contributed by atoms with Crippen LogP contribution >= 0.6 is 15.9 Å². The lowest BCUT2D eigenvalue weighted by molar-refractivity contribution is 0.0733. The van der Waals surface area contributed by atoms with Crippen molar-refractivity contribution in [3.63, 3.8) is 0 Å². The van der Waals surface area contributed by atoms with Crippen LogP contribution in [0.2, 0.25) is 0 Å². The van der Waals surface area contributed by atoms with Crippen molar-refractivity contribution in [3.8, 4) is 17.2 Å². The highest BCUT2D eigenvalue weighted by Crippen LogP contribution is 2.36. The van der Waals surface area contributed by atoms with Gasteiger partial charge in [0.25, 0.3) is 0 Å². The Morgan fingerprint density at radius 1 is 1.07 bits per heavy atom. The minimum Gasteiger partial charge on any atom is -0.493 e. The van der Waals surface area contributed by atoms with Gasteiger partial charge in [0.2, 0.25) is 5.78 Å². The molecule has 1 aliphatic heterocycles. The van der Waals surface area contributed by atoms with Gasteiger partial charge in [0.15, 0.2) is 5.76 Å². The van der Waals surface area contributed by atoms with Crippen LogP contribution in [0, 0.1) is 0 Å². The molecule has 0 fully saturated rings. The summed E-state index contributed by atoms with van der Waals surface area (Å²) in [5.41, 5.74) is 1.56. The van der Waals surface area contributed by atoms with Crippen molar-refractivity contribution in [3.05, 3.63) is 93.7 Å². The molecule has 1 aliphatic rings. The van der Waals surface area contributed by atoms with Gasteiger partial charge in [-0.15, -0.1) is 0 Å². The molecule has 0 atom stereocenters. The van der Waals surface area contributed by atoms with E-state index in [4.69, 9.17) is 14.2 Å². The highest BCUT2D eigenvalue weighted by atomic mass is 79.9. The third-order valence-electron chi connectivity index (χ3n) is 4.45. The molecule has 0 N–H and O–H groups in total. The zero-order chi connectivity index (χ0) is 21.1. The lowest BCUT2D eigenvalue weighted by Crippen LogP contribution is -2.09. The molecule has 0 aliphatic carbocycles. The molecule has 0 aromatic heterocycles. The van der Waals surface area contributed by atoms with Crippen LogP contribution in [0.25, 0.3) is 6.08 Å². The summed E-state index contributed by atoms with van der Waals surface area (Å²) in [6, 6.07) is 19.1. The van der Waals surface area contributed by atoms with Gasteiger partial charge < -0.3 is 14.2 Å². The second-order valence-corrected chi connectivity index (χ2v) is 7.29. The van der Waals surface area contributed by atoms with E-state index in [9.17, 15) is 9.59 Å². The van der Waals surface area contributed by atoms with Crippen LogP contribution in [0.5, 0.6) is 17.2 Å². The minimum atomic E-state index is -0.506. The molecule has 6 heteroatoms. The zero-order valence-corrected chi connectivity index (χ0v) is 17.6. The lowest BCUT2D eigenvalue weighted by Gasteiger charge is -2.07. The molecule has 0 amide bonds. The van der Waals surface area contributed by atoms with Crippen LogP contribution in [-0.4, -0.2) is 18.4 Å². The predicted octanol–water partition coefficient (Wildman–Crippen LogP) is 5.68. The molecule has 0 radical (unpaired) electrons. The number of halogens is 1. The predicted molar refractivity (Wildman–Crippen MR) is 116 cm³/mol. The first-order chi connectivity index (χ1) is 14.6. The van der Waals surface area contributed by atoms with E-state index < -0.39 is 5.97 Å². The number of ketones is 1. The Morgan fingerprint density at radius 3 is 2.63 bits per heavy atom. The van der Waals surface area contributed by atoms with E-state index in [2.05, 4.69) is 15.9 Å². The van der Waals surface area contributed by atoms with Gasteiger partial charge in [0, 0.05) is 16.1 Å². The Balaban J connectivity index is 1.57. The van der Waals surface area contributed by atoms with Gasteiger partial charge in [-0.05, 0) is 59.3 Å². The van der Waals surface area contributed by atoms with Gasteiger partial charge in [-0.3, -0.25) is 4.79 Å². The van der Waals surface area contributed by atoms with E-state index in [0.29, 0.717) is 39.5 Å². The second kappa shape index (κ2) is 8.55. The highest BCUT2D eigenvalue weighted by molar-refractivity contribution is 9.10. The Morgan fingerprint density at radius 2 is 1.83 bits per heavy atom. The van der Waals surface area contributed by atoms with E-state index >= 15 is 0 Å². The third kappa shape index (κ3) is 4.00. The number of hydrogen-bond donors (Lipinski definition) is 0. The Labute approximate surface area is 182 Å². The number of carbonyl (C=O) groups is 2. The highest BCUT2D eigenvalue weighted by Gasteiger charge is 2.28. The van der Waals surface area contributed by atoms with E-state index in [1.54, 1.807) is 36.4 Å². The van der Waals surface area contributed by atoms with E-state index in [1.807, 2.05) is 37.3 Å². The van der Waals surface area contributed by atoms with Crippen LogP contribution in [-0.2, 0) is 0 Å². The zero-order valence-electron chi connectivity index (χ0n) is 16.1. The van der Waals surface area contributed by atoms with Crippen LogP contribution in [0.15, 0.2) is 77.0 Å². The van der Waals surface area contributed by atoms with Crippen molar-refractivity contribution < 1.29 is 23.8 Å². The van der Waals surface area contributed by atoms with Crippen LogP contribution in [0.4, 0.5) is 0 Å². The number of carbonyl (C=O) groups excluding carboxylic acids is 2. The molecule has 0 bridgehead atoms. The fourth-order valence-electron chi connectivity index (χ4n) is 3.05. The molecule has 1 heterocycles.